The van der Waals surface area contributed by atoms with Crippen molar-refractivity contribution in [1.82, 2.24) is 9.03 Å². The molecule has 2 rings (SSSR count). The number of nitrogens with zero attached hydrogens (tertiary/aromatic N) is 1. The summed E-state index contributed by atoms with van der Waals surface area (Å²) in [4.78, 5) is 0. The molecule has 2 atom stereocenters. The summed E-state index contributed by atoms with van der Waals surface area (Å²) in [7, 11) is -3.38. The van der Waals surface area contributed by atoms with Crippen LogP contribution in [-0.4, -0.2) is 37.2 Å². The highest BCUT2D eigenvalue weighted by Gasteiger charge is 2.39. The first-order valence-corrected chi connectivity index (χ1v) is 9.30. The van der Waals surface area contributed by atoms with Crippen LogP contribution in [0.15, 0.2) is 0 Å². The predicted molar refractivity (Wildman–Crippen MR) is 78.6 cm³/mol. The second kappa shape index (κ2) is 6.29. The molecule has 1 aliphatic carbocycles. The van der Waals surface area contributed by atoms with Gasteiger partial charge in [-0.05, 0) is 31.6 Å². The summed E-state index contributed by atoms with van der Waals surface area (Å²) in [5, 5.41) is 0. The van der Waals surface area contributed by atoms with Gasteiger partial charge in [0.2, 0.25) is 0 Å². The quantitative estimate of drug-likeness (QED) is 0.811. The lowest BCUT2D eigenvalue weighted by Gasteiger charge is -2.40. The minimum atomic E-state index is -3.38. The SMILES string of the molecule is CC1CCCC(CCl)(NS(=O)(=O)N2CCCCC2)C1. The van der Waals surface area contributed by atoms with Crippen molar-refractivity contribution in [3.05, 3.63) is 0 Å². The fraction of sp³-hybridized carbons (Fsp3) is 1.00. The summed E-state index contributed by atoms with van der Waals surface area (Å²) >= 11 is 6.10. The van der Waals surface area contributed by atoms with E-state index in [0.29, 0.717) is 24.9 Å². The molecule has 1 N–H and O–H groups in total. The first-order chi connectivity index (χ1) is 8.97. The molecule has 2 fully saturated rings. The number of piperidine rings is 1. The zero-order valence-electron chi connectivity index (χ0n) is 11.7. The molecule has 1 saturated carbocycles. The van der Waals surface area contributed by atoms with Crippen molar-refractivity contribution < 1.29 is 8.42 Å². The molecule has 0 aromatic heterocycles. The third-order valence-corrected chi connectivity index (χ3v) is 6.60. The highest BCUT2D eigenvalue weighted by atomic mass is 35.5. The van der Waals surface area contributed by atoms with E-state index in [1.807, 2.05) is 0 Å². The predicted octanol–water partition coefficient (Wildman–Crippen LogP) is 2.49. The molecule has 0 spiro atoms. The molecule has 4 nitrogen and oxygen atoms in total. The number of alkyl halides is 1. The molecule has 0 amide bonds. The second-order valence-corrected chi connectivity index (χ2v) is 8.12. The number of hydrogen-bond donors (Lipinski definition) is 1. The number of hydrogen-bond acceptors (Lipinski definition) is 2. The molecular weight excluding hydrogens is 284 g/mol. The zero-order valence-corrected chi connectivity index (χ0v) is 13.3. The minimum absolute atomic E-state index is 0.365. The first kappa shape index (κ1) is 15.5. The van der Waals surface area contributed by atoms with Crippen molar-refractivity contribution in [1.29, 1.82) is 0 Å². The summed E-state index contributed by atoms with van der Waals surface area (Å²) in [5.74, 6) is 0.904. The lowest BCUT2D eigenvalue weighted by Crippen LogP contribution is -2.57. The maximum Gasteiger partial charge on any atom is 0.279 e. The molecule has 19 heavy (non-hydrogen) atoms. The summed E-state index contributed by atoms with van der Waals surface area (Å²) in [6, 6.07) is 0. The lowest BCUT2D eigenvalue weighted by atomic mass is 9.78. The highest BCUT2D eigenvalue weighted by molar-refractivity contribution is 7.87. The largest absolute Gasteiger partial charge is 0.279 e. The smallest absolute Gasteiger partial charge is 0.195 e. The Bertz CT molecular complexity index is 395. The van der Waals surface area contributed by atoms with Crippen LogP contribution in [0.5, 0.6) is 0 Å². The Morgan fingerprint density at radius 1 is 1.26 bits per heavy atom. The van der Waals surface area contributed by atoms with Crippen LogP contribution in [0.25, 0.3) is 0 Å². The zero-order chi connectivity index (χ0) is 13.9. The molecule has 6 heteroatoms. The average molecular weight is 309 g/mol. The van der Waals surface area contributed by atoms with Crippen LogP contribution in [0.4, 0.5) is 0 Å². The Balaban J connectivity index is 2.07. The van der Waals surface area contributed by atoms with Crippen molar-refractivity contribution in [2.24, 2.45) is 5.92 Å². The number of halogens is 1. The van der Waals surface area contributed by atoms with Crippen LogP contribution in [-0.2, 0) is 10.2 Å². The van der Waals surface area contributed by atoms with Gasteiger partial charge in [0, 0.05) is 24.5 Å². The normalized spacial score (nSPS) is 34.3. The number of nitrogens with one attached hydrogen (secondary N) is 1. The van der Waals surface area contributed by atoms with E-state index in [2.05, 4.69) is 11.6 Å². The topological polar surface area (TPSA) is 49.4 Å². The van der Waals surface area contributed by atoms with Crippen LogP contribution in [0, 0.1) is 5.92 Å². The van der Waals surface area contributed by atoms with Gasteiger partial charge in [0.15, 0.2) is 0 Å². The third-order valence-electron chi connectivity index (χ3n) is 4.35. The van der Waals surface area contributed by atoms with Crippen LogP contribution in [0.1, 0.15) is 51.9 Å². The molecule has 2 unspecified atom stereocenters. The highest BCUT2D eigenvalue weighted by Crippen LogP contribution is 2.34. The monoisotopic (exact) mass is 308 g/mol. The van der Waals surface area contributed by atoms with Gasteiger partial charge in [-0.25, -0.2) is 0 Å². The van der Waals surface area contributed by atoms with Crippen molar-refractivity contribution in [2.45, 2.75) is 57.4 Å². The van der Waals surface area contributed by atoms with Gasteiger partial charge < -0.3 is 0 Å². The summed E-state index contributed by atoms with van der Waals surface area (Å²) in [5.41, 5.74) is -0.435. The van der Waals surface area contributed by atoms with Crippen molar-refractivity contribution in [3.63, 3.8) is 0 Å². The van der Waals surface area contributed by atoms with Gasteiger partial charge in [-0.15, -0.1) is 11.6 Å². The fourth-order valence-corrected chi connectivity index (χ4v) is 5.41. The van der Waals surface area contributed by atoms with Gasteiger partial charge in [0.1, 0.15) is 0 Å². The molecule has 0 aromatic carbocycles. The Morgan fingerprint density at radius 3 is 2.53 bits per heavy atom. The van der Waals surface area contributed by atoms with Gasteiger partial charge in [-0.3, -0.25) is 0 Å². The first-order valence-electron chi connectivity index (χ1n) is 7.32. The summed E-state index contributed by atoms with van der Waals surface area (Å²) in [6.07, 6.45) is 6.98. The Hall–Kier alpha value is 0.160. The maximum absolute atomic E-state index is 12.5. The van der Waals surface area contributed by atoms with E-state index in [9.17, 15) is 8.42 Å². The van der Waals surface area contributed by atoms with E-state index < -0.39 is 15.7 Å². The van der Waals surface area contributed by atoms with Crippen molar-refractivity contribution in [3.8, 4) is 0 Å². The van der Waals surface area contributed by atoms with E-state index in [1.165, 1.54) is 6.42 Å². The van der Waals surface area contributed by atoms with Gasteiger partial charge >= 0.3 is 0 Å². The average Bonchev–Trinajstić information content (AvgIpc) is 2.39. The molecule has 0 aromatic rings. The minimum Gasteiger partial charge on any atom is -0.195 e. The van der Waals surface area contributed by atoms with E-state index in [-0.39, 0.29) is 0 Å². The lowest BCUT2D eigenvalue weighted by molar-refractivity contribution is 0.231. The summed E-state index contributed by atoms with van der Waals surface area (Å²) < 4.78 is 29.5. The van der Waals surface area contributed by atoms with Gasteiger partial charge in [-0.2, -0.15) is 17.4 Å². The van der Waals surface area contributed by atoms with Crippen molar-refractivity contribution in [2.75, 3.05) is 19.0 Å². The Morgan fingerprint density at radius 2 is 1.95 bits per heavy atom. The molecule has 1 saturated heterocycles. The van der Waals surface area contributed by atoms with Crippen LogP contribution in [0.3, 0.4) is 0 Å². The molecule has 1 heterocycles. The van der Waals surface area contributed by atoms with Gasteiger partial charge in [0.25, 0.3) is 10.2 Å². The molecule has 112 valence electrons. The molecule has 1 aliphatic heterocycles. The van der Waals surface area contributed by atoms with Gasteiger partial charge in [0.05, 0.1) is 0 Å². The number of rotatable bonds is 4. The maximum atomic E-state index is 12.5. The van der Waals surface area contributed by atoms with Crippen molar-refractivity contribution >= 4 is 21.8 Å². The van der Waals surface area contributed by atoms with Crippen LogP contribution < -0.4 is 4.72 Å². The standard InChI is InChI=1S/C13H25ClN2O2S/c1-12-6-5-7-13(10-12,11-14)15-19(17,18)16-8-3-2-4-9-16/h12,15H,2-11H2,1H3. The second-order valence-electron chi connectivity index (χ2n) is 6.18. The molecule has 0 radical (unpaired) electrons. The van der Waals surface area contributed by atoms with Gasteiger partial charge in [-0.1, -0.05) is 26.2 Å². The molecule has 0 bridgehead atoms. The fourth-order valence-electron chi connectivity index (χ4n) is 3.34. The molecular formula is C13H25ClN2O2S. The molecule has 2 aliphatic rings. The van der Waals surface area contributed by atoms with Crippen LogP contribution >= 0.6 is 11.6 Å². The van der Waals surface area contributed by atoms with Crippen LogP contribution in [0.2, 0.25) is 0 Å². The summed E-state index contributed by atoms with van der Waals surface area (Å²) in [6.45, 7) is 3.46. The Kier molecular flexibility index (Phi) is 5.15. The van der Waals surface area contributed by atoms with E-state index >= 15 is 0 Å². The third kappa shape index (κ3) is 3.84. The van der Waals surface area contributed by atoms with E-state index in [1.54, 1.807) is 4.31 Å². The van der Waals surface area contributed by atoms with E-state index in [0.717, 1.165) is 38.5 Å². The Labute approximate surface area is 122 Å². The van der Waals surface area contributed by atoms with E-state index in [4.69, 9.17) is 11.6 Å².